The molecule has 0 bridgehead atoms. The maximum absolute atomic E-state index is 13.1. The van der Waals surface area contributed by atoms with Crippen molar-refractivity contribution in [3.63, 3.8) is 0 Å². The quantitative estimate of drug-likeness (QED) is 0.0251. The number of ether oxygens (including phenoxy) is 1. The van der Waals surface area contributed by atoms with Gasteiger partial charge in [-0.25, -0.2) is 0 Å². The number of aliphatic hydroxyl groups is 2. The van der Waals surface area contributed by atoms with Crippen LogP contribution in [0.15, 0.2) is 97.2 Å². The van der Waals surface area contributed by atoms with E-state index in [1.54, 1.807) is 0 Å². The molecule has 3 unspecified atom stereocenters. The molecule has 318 valence electrons. The molecule has 0 spiro atoms. The van der Waals surface area contributed by atoms with Crippen LogP contribution in [0.5, 0.6) is 0 Å². The number of esters is 1. The number of unbranched alkanes of at least 4 members (excludes halogenated alkanes) is 13. The lowest BCUT2D eigenvalue weighted by Crippen LogP contribution is -2.46. The zero-order valence-corrected chi connectivity index (χ0v) is 36.0. The highest BCUT2D eigenvalue weighted by atomic mass is 16.5. The summed E-state index contributed by atoms with van der Waals surface area (Å²) < 4.78 is 5.82. The molecule has 0 saturated heterocycles. The summed E-state index contributed by atoms with van der Waals surface area (Å²) in [5.74, 6) is -0.617. The van der Waals surface area contributed by atoms with Gasteiger partial charge >= 0.3 is 5.97 Å². The first-order chi connectivity index (χ1) is 27.5. The Balaban J connectivity index is 4.83. The van der Waals surface area contributed by atoms with E-state index in [9.17, 15) is 19.8 Å². The van der Waals surface area contributed by atoms with Gasteiger partial charge < -0.3 is 20.3 Å². The van der Waals surface area contributed by atoms with Crippen LogP contribution in [0.4, 0.5) is 0 Å². The second-order valence-electron chi connectivity index (χ2n) is 14.8. The molecule has 0 aromatic rings. The maximum Gasteiger partial charge on any atom is 0.306 e. The fraction of sp³-hybridized carbons (Fsp3) is 0.640. The van der Waals surface area contributed by atoms with Gasteiger partial charge in [-0.3, -0.25) is 9.59 Å². The number of amides is 1. The molecule has 0 heterocycles. The van der Waals surface area contributed by atoms with Gasteiger partial charge in [0.2, 0.25) is 5.91 Å². The highest BCUT2D eigenvalue weighted by molar-refractivity contribution is 5.77. The summed E-state index contributed by atoms with van der Waals surface area (Å²) >= 11 is 0. The van der Waals surface area contributed by atoms with Crippen LogP contribution in [0.3, 0.4) is 0 Å². The monoisotopic (exact) mass is 778 g/mol. The van der Waals surface area contributed by atoms with E-state index in [-0.39, 0.29) is 24.9 Å². The Hall–Kier alpha value is -3.22. The third-order valence-corrected chi connectivity index (χ3v) is 9.47. The maximum atomic E-state index is 13.1. The van der Waals surface area contributed by atoms with Crippen LogP contribution in [0.2, 0.25) is 0 Å². The third kappa shape index (κ3) is 37.7. The molecule has 0 fully saturated rings. The molecule has 56 heavy (non-hydrogen) atoms. The van der Waals surface area contributed by atoms with Crippen molar-refractivity contribution in [2.24, 2.45) is 0 Å². The molecule has 0 aliphatic rings. The van der Waals surface area contributed by atoms with Crippen LogP contribution < -0.4 is 5.32 Å². The fourth-order valence-corrected chi connectivity index (χ4v) is 6.10. The van der Waals surface area contributed by atoms with Crippen molar-refractivity contribution in [3.05, 3.63) is 97.2 Å². The molecule has 0 aliphatic heterocycles. The second-order valence-corrected chi connectivity index (χ2v) is 14.8. The van der Waals surface area contributed by atoms with Crippen molar-refractivity contribution in [2.45, 2.75) is 200 Å². The number of carbonyl (C=O) groups is 2. The number of aliphatic hydroxyl groups excluding tert-OH is 2. The standard InChI is InChI=1S/C50H83NO5/c1-4-7-10-13-16-19-21-23-24-26-27-30-32-35-38-41-46(56-50(55)43-40-37-34-31-28-25-22-20-17-14-11-8-5-2)44-49(54)51-47(45-52)48(53)42-39-36-33-29-18-15-12-9-6-3/h7-8,10-11,14,16-17,19-20,22-24,27,30,35,38,46-48,52-53H,4-6,9,12-13,15,18,21,25-26,28-29,31-34,36-37,39-45H2,1-3H3,(H,51,54)/b10-7-,11-8+,17-14+,19-16-,22-20-,24-23-,30-27-,38-35-. The Bertz CT molecular complexity index is 1140. The van der Waals surface area contributed by atoms with Crippen molar-refractivity contribution in [3.8, 4) is 0 Å². The molecular formula is C50H83NO5. The summed E-state index contributed by atoms with van der Waals surface area (Å²) in [5, 5.41) is 23.5. The summed E-state index contributed by atoms with van der Waals surface area (Å²) in [4.78, 5) is 25.9. The first-order valence-electron chi connectivity index (χ1n) is 22.5. The molecule has 0 aromatic heterocycles. The van der Waals surface area contributed by atoms with E-state index in [0.29, 0.717) is 19.3 Å². The minimum absolute atomic E-state index is 0.0150. The Morgan fingerprint density at radius 2 is 1.07 bits per heavy atom. The molecule has 3 atom stereocenters. The van der Waals surface area contributed by atoms with E-state index < -0.39 is 18.2 Å². The summed E-state index contributed by atoms with van der Waals surface area (Å²) in [7, 11) is 0. The van der Waals surface area contributed by atoms with Gasteiger partial charge in [0.05, 0.1) is 25.2 Å². The number of rotatable bonds is 38. The minimum atomic E-state index is -0.818. The average Bonchev–Trinajstić information content (AvgIpc) is 3.19. The first kappa shape index (κ1) is 52.8. The summed E-state index contributed by atoms with van der Waals surface area (Å²) in [6, 6.07) is -0.739. The summed E-state index contributed by atoms with van der Waals surface area (Å²) in [6.07, 6.45) is 56.3. The highest BCUT2D eigenvalue weighted by Crippen LogP contribution is 2.15. The number of carbonyl (C=O) groups excluding carboxylic acids is 2. The lowest BCUT2D eigenvalue weighted by atomic mass is 10.0. The van der Waals surface area contributed by atoms with Crippen molar-refractivity contribution in [1.82, 2.24) is 5.32 Å². The van der Waals surface area contributed by atoms with Gasteiger partial charge in [0.1, 0.15) is 6.10 Å². The largest absolute Gasteiger partial charge is 0.461 e. The van der Waals surface area contributed by atoms with Crippen molar-refractivity contribution >= 4 is 11.9 Å². The zero-order valence-electron chi connectivity index (χ0n) is 36.0. The van der Waals surface area contributed by atoms with Gasteiger partial charge in [-0.2, -0.15) is 0 Å². The van der Waals surface area contributed by atoms with Gasteiger partial charge in [0, 0.05) is 12.8 Å². The lowest BCUT2D eigenvalue weighted by Gasteiger charge is -2.24. The predicted molar refractivity (Wildman–Crippen MR) is 240 cm³/mol. The third-order valence-electron chi connectivity index (χ3n) is 9.47. The molecule has 1 amide bonds. The number of hydrogen-bond donors (Lipinski definition) is 3. The van der Waals surface area contributed by atoms with Crippen molar-refractivity contribution in [2.75, 3.05) is 6.61 Å². The molecule has 0 rings (SSSR count). The molecule has 0 radical (unpaired) electrons. The van der Waals surface area contributed by atoms with Gasteiger partial charge in [0.15, 0.2) is 0 Å². The van der Waals surface area contributed by atoms with Gasteiger partial charge in [-0.15, -0.1) is 0 Å². The number of nitrogens with one attached hydrogen (secondary N) is 1. The summed E-state index contributed by atoms with van der Waals surface area (Å²) in [5.41, 5.74) is 0. The predicted octanol–water partition coefficient (Wildman–Crippen LogP) is 13.0. The second kappa shape index (κ2) is 42.9. The molecule has 6 nitrogen and oxygen atoms in total. The SMILES string of the molecule is CC/C=C\C/C=C\C/C=C\C/C=C\C/C=C\CC(CC(=O)NC(CO)C(O)CCCCCCCCCCC)OC(=O)CCCCCCC\C=C/C=C/C=C/CC. The first-order valence-corrected chi connectivity index (χ1v) is 22.5. The molecular weight excluding hydrogens is 695 g/mol. The van der Waals surface area contributed by atoms with E-state index in [2.05, 4.69) is 111 Å². The van der Waals surface area contributed by atoms with Gasteiger partial charge in [-0.1, -0.05) is 195 Å². The van der Waals surface area contributed by atoms with Crippen LogP contribution in [-0.4, -0.2) is 46.9 Å². The van der Waals surface area contributed by atoms with E-state index in [0.717, 1.165) is 96.3 Å². The number of hydrogen-bond acceptors (Lipinski definition) is 5. The normalized spacial score (nSPS) is 14.3. The van der Waals surface area contributed by atoms with Crippen LogP contribution in [0, 0.1) is 0 Å². The smallest absolute Gasteiger partial charge is 0.306 e. The van der Waals surface area contributed by atoms with Crippen LogP contribution in [0.1, 0.15) is 181 Å². The van der Waals surface area contributed by atoms with Crippen LogP contribution in [-0.2, 0) is 14.3 Å². The lowest BCUT2D eigenvalue weighted by molar-refractivity contribution is -0.150. The van der Waals surface area contributed by atoms with Gasteiger partial charge in [-0.05, 0) is 64.2 Å². The van der Waals surface area contributed by atoms with Crippen molar-refractivity contribution in [1.29, 1.82) is 0 Å². The van der Waals surface area contributed by atoms with E-state index >= 15 is 0 Å². The number of allylic oxidation sites excluding steroid dienone is 15. The van der Waals surface area contributed by atoms with Crippen LogP contribution >= 0.6 is 0 Å². The Kier molecular flexibility index (Phi) is 40.4. The van der Waals surface area contributed by atoms with E-state index in [4.69, 9.17) is 4.74 Å². The Morgan fingerprint density at radius 3 is 1.64 bits per heavy atom. The highest BCUT2D eigenvalue weighted by Gasteiger charge is 2.23. The topological polar surface area (TPSA) is 95.9 Å². The molecule has 0 aromatic carbocycles. The average molecular weight is 778 g/mol. The zero-order chi connectivity index (χ0) is 41.0. The van der Waals surface area contributed by atoms with Crippen molar-refractivity contribution < 1.29 is 24.5 Å². The molecule has 0 saturated carbocycles. The van der Waals surface area contributed by atoms with E-state index in [1.807, 2.05) is 12.2 Å². The molecule has 6 heteroatoms. The molecule has 0 aliphatic carbocycles. The molecule has 3 N–H and O–H groups in total. The Morgan fingerprint density at radius 1 is 0.571 bits per heavy atom. The fourth-order valence-electron chi connectivity index (χ4n) is 6.10. The van der Waals surface area contributed by atoms with Gasteiger partial charge in [0.25, 0.3) is 0 Å². The summed E-state index contributed by atoms with van der Waals surface area (Å²) in [6.45, 7) is 6.15. The van der Waals surface area contributed by atoms with E-state index in [1.165, 1.54) is 38.5 Å². The Labute approximate surface area is 344 Å². The minimum Gasteiger partial charge on any atom is -0.461 e. The van der Waals surface area contributed by atoms with Crippen LogP contribution in [0.25, 0.3) is 0 Å².